The minimum Gasteiger partial charge on any atom is -0.375 e. The fourth-order valence-corrected chi connectivity index (χ4v) is 4.19. The molecule has 8 nitrogen and oxygen atoms in total. The molecule has 152 valence electrons. The van der Waals surface area contributed by atoms with Crippen LogP contribution in [-0.2, 0) is 4.74 Å². The van der Waals surface area contributed by atoms with Crippen molar-refractivity contribution in [2.24, 2.45) is 5.92 Å². The van der Waals surface area contributed by atoms with Crippen molar-refractivity contribution in [3.8, 4) is 0 Å². The van der Waals surface area contributed by atoms with E-state index < -0.39 is 0 Å². The second-order valence-corrected chi connectivity index (χ2v) is 7.73. The van der Waals surface area contributed by atoms with Crippen LogP contribution in [0.3, 0.4) is 0 Å². The summed E-state index contributed by atoms with van der Waals surface area (Å²) in [5.41, 5.74) is 0.747. The molecule has 0 aliphatic carbocycles. The zero-order chi connectivity index (χ0) is 20.1. The molecule has 0 bridgehead atoms. The van der Waals surface area contributed by atoms with E-state index in [-0.39, 0.29) is 17.4 Å². The monoisotopic (exact) mass is 395 g/mol. The maximum absolute atomic E-state index is 12.6. The Morgan fingerprint density at radius 3 is 2.72 bits per heavy atom. The summed E-state index contributed by atoms with van der Waals surface area (Å²) in [6.07, 6.45) is 9.57. The quantitative estimate of drug-likeness (QED) is 0.846. The van der Waals surface area contributed by atoms with Crippen molar-refractivity contribution in [2.75, 3.05) is 26.2 Å². The standard InChI is InChI=1S/C21H25N5O3/c27-19(18-3-1-2-7-24-18)25-12-16-4-10-29-21(11-16)5-8-26(9-6-21)20(28)17-13-22-15-23-14-17/h1-3,7,13-16H,4-6,8-12H2,(H,25,27). The van der Waals surface area contributed by atoms with Crippen LogP contribution in [0.4, 0.5) is 0 Å². The zero-order valence-electron chi connectivity index (χ0n) is 16.3. The molecule has 8 heteroatoms. The van der Waals surface area contributed by atoms with Crippen molar-refractivity contribution in [1.29, 1.82) is 0 Å². The van der Waals surface area contributed by atoms with Gasteiger partial charge in [0, 0.05) is 44.8 Å². The number of likely N-dealkylation sites (tertiary alicyclic amines) is 1. The van der Waals surface area contributed by atoms with Crippen molar-refractivity contribution in [1.82, 2.24) is 25.2 Å². The molecule has 4 rings (SSSR count). The molecule has 2 fully saturated rings. The lowest BCUT2D eigenvalue weighted by molar-refractivity contribution is -0.122. The van der Waals surface area contributed by atoms with Gasteiger partial charge >= 0.3 is 0 Å². The molecule has 1 N–H and O–H groups in total. The van der Waals surface area contributed by atoms with Crippen molar-refractivity contribution in [2.45, 2.75) is 31.3 Å². The molecule has 0 radical (unpaired) electrons. The molecule has 2 aliphatic rings. The van der Waals surface area contributed by atoms with E-state index in [2.05, 4.69) is 20.3 Å². The van der Waals surface area contributed by atoms with E-state index >= 15 is 0 Å². The van der Waals surface area contributed by atoms with Crippen LogP contribution in [0.1, 0.15) is 46.5 Å². The molecule has 2 aromatic heterocycles. The van der Waals surface area contributed by atoms with E-state index in [1.807, 2.05) is 11.0 Å². The first-order chi connectivity index (χ1) is 14.2. The highest BCUT2D eigenvalue weighted by Crippen LogP contribution is 2.37. The Kier molecular flexibility index (Phi) is 5.80. The largest absolute Gasteiger partial charge is 0.375 e. The summed E-state index contributed by atoms with van der Waals surface area (Å²) >= 11 is 0. The van der Waals surface area contributed by atoms with Gasteiger partial charge in [-0.25, -0.2) is 9.97 Å². The number of carbonyl (C=O) groups is 2. The second kappa shape index (κ2) is 8.65. The predicted molar refractivity (Wildman–Crippen MR) is 105 cm³/mol. The van der Waals surface area contributed by atoms with Gasteiger partial charge in [-0.2, -0.15) is 0 Å². The molecule has 1 spiro atoms. The Morgan fingerprint density at radius 2 is 2.00 bits per heavy atom. The maximum atomic E-state index is 12.6. The van der Waals surface area contributed by atoms with Crippen molar-refractivity contribution in [3.05, 3.63) is 54.4 Å². The number of hydrogen-bond acceptors (Lipinski definition) is 6. The van der Waals surface area contributed by atoms with Crippen LogP contribution in [0, 0.1) is 5.92 Å². The zero-order valence-corrected chi connectivity index (χ0v) is 16.3. The van der Waals surface area contributed by atoms with Crippen LogP contribution >= 0.6 is 0 Å². The number of aromatic nitrogens is 3. The summed E-state index contributed by atoms with van der Waals surface area (Å²) in [5.74, 6) is 0.188. The third kappa shape index (κ3) is 4.59. The van der Waals surface area contributed by atoms with Gasteiger partial charge < -0.3 is 15.0 Å². The van der Waals surface area contributed by atoms with Gasteiger partial charge in [0.25, 0.3) is 11.8 Å². The highest BCUT2D eigenvalue weighted by molar-refractivity contribution is 5.93. The molecule has 4 heterocycles. The normalized spacial score (nSPS) is 21.0. The third-order valence-electron chi connectivity index (χ3n) is 5.81. The lowest BCUT2D eigenvalue weighted by Gasteiger charge is -2.46. The summed E-state index contributed by atoms with van der Waals surface area (Å²) in [6, 6.07) is 5.31. The van der Waals surface area contributed by atoms with Gasteiger partial charge in [-0.05, 0) is 43.7 Å². The van der Waals surface area contributed by atoms with Crippen molar-refractivity contribution in [3.63, 3.8) is 0 Å². The molecule has 1 atom stereocenters. The Morgan fingerprint density at radius 1 is 1.21 bits per heavy atom. The molecule has 2 saturated heterocycles. The van der Waals surface area contributed by atoms with Gasteiger partial charge in [0.1, 0.15) is 12.0 Å². The average molecular weight is 395 g/mol. The summed E-state index contributed by atoms with van der Waals surface area (Å²) < 4.78 is 6.17. The fourth-order valence-electron chi connectivity index (χ4n) is 4.19. The average Bonchev–Trinajstić information content (AvgIpc) is 2.79. The van der Waals surface area contributed by atoms with Crippen LogP contribution in [0.25, 0.3) is 0 Å². The summed E-state index contributed by atoms with van der Waals surface area (Å²) in [5, 5.41) is 3.00. The lowest BCUT2D eigenvalue weighted by atomic mass is 9.79. The highest BCUT2D eigenvalue weighted by Gasteiger charge is 2.41. The van der Waals surface area contributed by atoms with Gasteiger partial charge in [0.2, 0.25) is 0 Å². The predicted octanol–water partition coefficient (Wildman–Crippen LogP) is 1.70. The molecule has 0 saturated carbocycles. The van der Waals surface area contributed by atoms with E-state index in [0.717, 1.165) is 25.7 Å². The topological polar surface area (TPSA) is 97.3 Å². The minimum absolute atomic E-state index is 0.0320. The van der Waals surface area contributed by atoms with Crippen LogP contribution in [0.15, 0.2) is 43.1 Å². The molecular formula is C21H25N5O3. The van der Waals surface area contributed by atoms with Crippen molar-refractivity contribution >= 4 is 11.8 Å². The molecule has 2 aliphatic heterocycles. The summed E-state index contributed by atoms with van der Waals surface area (Å²) in [4.78, 5) is 38.6. The number of piperidine rings is 1. The Hall–Kier alpha value is -2.87. The van der Waals surface area contributed by atoms with E-state index in [1.54, 1.807) is 30.7 Å². The first-order valence-electron chi connectivity index (χ1n) is 10.0. The van der Waals surface area contributed by atoms with Gasteiger partial charge in [-0.15, -0.1) is 0 Å². The summed E-state index contributed by atoms with van der Waals surface area (Å²) in [7, 11) is 0. The van der Waals surface area contributed by atoms with Gasteiger partial charge in [-0.3, -0.25) is 14.6 Å². The Balaban J connectivity index is 1.29. The van der Waals surface area contributed by atoms with Gasteiger partial charge in [-0.1, -0.05) is 6.07 Å². The number of nitrogens with zero attached hydrogens (tertiary/aromatic N) is 4. The second-order valence-electron chi connectivity index (χ2n) is 7.73. The smallest absolute Gasteiger partial charge is 0.269 e. The van der Waals surface area contributed by atoms with Crippen LogP contribution in [-0.4, -0.2) is 63.5 Å². The number of hydrogen-bond donors (Lipinski definition) is 1. The molecule has 2 amide bonds. The van der Waals surface area contributed by atoms with E-state index in [0.29, 0.717) is 43.4 Å². The van der Waals surface area contributed by atoms with Crippen LogP contribution < -0.4 is 5.32 Å². The van der Waals surface area contributed by atoms with Crippen LogP contribution in [0.2, 0.25) is 0 Å². The molecule has 1 unspecified atom stereocenters. The number of pyridine rings is 1. The number of rotatable bonds is 4. The Labute approximate surface area is 169 Å². The Bertz CT molecular complexity index is 838. The number of nitrogens with one attached hydrogen (secondary N) is 1. The molecule has 29 heavy (non-hydrogen) atoms. The lowest BCUT2D eigenvalue weighted by Crippen LogP contribution is -2.51. The maximum Gasteiger partial charge on any atom is 0.269 e. The molecule has 0 aromatic carbocycles. The SMILES string of the molecule is O=C(NCC1CCOC2(CCN(C(=O)c3cncnc3)CC2)C1)c1ccccn1. The third-order valence-corrected chi connectivity index (χ3v) is 5.81. The number of amides is 2. The molecule has 2 aromatic rings. The summed E-state index contributed by atoms with van der Waals surface area (Å²) in [6.45, 7) is 2.61. The molecular weight excluding hydrogens is 370 g/mol. The van der Waals surface area contributed by atoms with Crippen molar-refractivity contribution < 1.29 is 14.3 Å². The van der Waals surface area contributed by atoms with E-state index in [4.69, 9.17) is 4.74 Å². The number of ether oxygens (including phenoxy) is 1. The fraction of sp³-hybridized carbons (Fsp3) is 0.476. The van der Waals surface area contributed by atoms with E-state index in [9.17, 15) is 9.59 Å². The van der Waals surface area contributed by atoms with Crippen LogP contribution in [0.5, 0.6) is 0 Å². The first-order valence-corrected chi connectivity index (χ1v) is 10.0. The van der Waals surface area contributed by atoms with Gasteiger partial charge in [0.15, 0.2) is 0 Å². The van der Waals surface area contributed by atoms with E-state index in [1.165, 1.54) is 6.33 Å². The number of carbonyl (C=O) groups excluding carboxylic acids is 2. The van der Waals surface area contributed by atoms with Gasteiger partial charge in [0.05, 0.1) is 11.2 Å². The highest BCUT2D eigenvalue weighted by atomic mass is 16.5. The minimum atomic E-state index is -0.206. The first kappa shape index (κ1) is 19.4.